The fraction of sp³-hybridized carbons (Fsp3) is 0.368. The second-order valence-corrected chi connectivity index (χ2v) is 8.25. The molecule has 0 aliphatic heterocycles. The molecule has 144 valence electrons. The minimum Gasteiger partial charge on any atom is -0.480 e. The van der Waals surface area contributed by atoms with Crippen LogP contribution in [0.4, 0.5) is 5.69 Å². The van der Waals surface area contributed by atoms with Crippen molar-refractivity contribution in [2.45, 2.75) is 46.1 Å². The third-order valence-corrected chi connectivity index (χ3v) is 5.35. The highest BCUT2D eigenvalue weighted by Gasteiger charge is 2.23. The Morgan fingerprint density at radius 1 is 1.11 bits per heavy atom. The van der Waals surface area contributed by atoms with Gasteiger partial charge in [0.25, 0.3) is 11.8 Å². The van der Waals surface area contributed by atoms with E-state index < -0.39 is 17.9 Å². The summed E-state index contributed by atoms with van der Waals surface area (Å²) in [5.74, 6) is -1.85. The standard InChI is InChI=1S/C19H23N3O4S/c1-10-14(27-18(21-10)19(3,4)5)16(24)22-13-8-6-12(7-9-13)15(23)20-11(2)17(25)26/h6-9,11H,1-5H3,(H,20,23)(H,22,24)(H,25,26). The van der Waals surface area contributed by atoms with Crippen molar-refractivity contribution >= 4 is 34.8 Å². The number of thiazole rings is 1. The van der Waals surface area contributed by atoms with Gasteiger partial charge in [-0.2, -0.15) is 0 Å². The van der Waals surface area contributed by atoms with E-state index in [0.29, 0.717) is 21.8 Å². The molecule has 0 spiro atoms. The monoisotopic (exact) mass is 389 g/mol. The fourth-order valence-corrected chi connectivity index (χ4v) is 3.18. The molecule has 0 aliphatic carbocycles. The van der Waals surface area contributed by atoms with Gasteiger partial charge in [-0.05, 0) is 38.1 Å². The lowest BCUT2D eigenvalue weighted by atomic mass is 9.98. The number of aryl methyl sites for hydroxylation is 1. The van der Waals surface area contributed by atoms with Crippen LogP contribution in [0.1, 0.15) is 58.4 Å². The molecule has 0 bridgehead atoms. The number of aromatic nitrogens is 1. The van der Waals surface area contributed by atoms with Gasteiger partial charge in [-0.15, -0.1) is 11.3 Å². The summed E-state index contributed by atoms with van der Waals surface area (Å²) in [6.07, 6.45) is 0. The van der Waals surface area contributed by atoms with Crippen LogP contribution in [0.2, 0.25) is 0 Å². The summed E-state index contributed by atoms with van der Waals surface area (Å²) in [6.45, 7) is 9.32. The van der Waals surface area contributed by atoms with E-state index in [4.69, 9.17) is 5.11 Å². The van der Waals surface area contributed by atoms with Crippen LogP contribution >= 0.6 is 11.3 Å². The van der Waals surface area contributed by atoms with Crippen molar-refractivity contribution in [3.05, 3.63) is 45.4 Å². The molecule has 1 heterocycles. The molecule has 7 nitrogen and oxygen atoms in total. The minimum absolute atomic E-state index is 0.129. The second-order valence-electron chi connectivity index (χ2n) is 7.25. The molecule has 2 rings (SSSR count). The van der Waals surface area contributed by atoms with Gasteiger partial charge in [-0.25, -0.2) is 4.98 Å². The largest absolute Gasteiger partial charge is 0.480 e. The normalized spacial score (nSPS) is 12.3. The summed E-state index contributed by atoms with van der Waals surface area (Å²) in [5.41, 5.74) is 1.40. The third-order valence-electron chi connectivity index (χ3n) is 3.77. The molecule has 0 fully saturated rings. The number of hydrogen-bond donors (Lipinski definition) is 3. The van der Waals surface area contributed by atoms with Crippen LogP contribution in [0.15, 0.2) is 24.3 Å². The van der Waals surface area contributed by atoms with Crippen molar-refractivity contribution in [1.82, 2.24) is 10.3 Å². The molecule has 1 atom stereocenters. The first kappa shape index (κ1) is 20.6. The number of carboxylic acids is 1. The van der Waals surface area contributed by atoms with Crippen LogP contribution in [0.3, 0.4) is 0 Å². The Labute approximate surface area is 161 Å². The summed E-state index contributed by atoms with van der Waals surface area (Å²) in [7, 11) is 0. The zero-order valence-corrected chi connectivity index (χ0v) is 16.7. The molecule has 0 radical (unpaired) electrons. The van der Waals surface area contributed by atoms with Gasteiger partial charge in [0.15, 0.2) is 0 Å². The lowest BCUT2D eigenvalue weighted by Gasteiger charge is -2.13. The number of amides is 2. The maximum Gasteiger partial charge on any atom is 0.325 e. The zero-order chi connectivity index (χ0) is 20.4. The van der Waals surface area contributed by atoms with Crippen molar-refractivity contribution in [3.8, 4) is 0 Å². The number of benzene rings is 1. The molecular weight excluding hydrogens is 366 g/mol. The summed E-state index contributed by atoms with van der Waals surface area (Å²) in [6, 6.07) is 5.26. The highest BCUT2D eigenvalue weighted by molar-refractivity contribution is 7.14. The molecular formula is C19H23N3O4S. The number of carbonyl (C=O) groups is 3. The lowest BCUT2D eigenvalue weighted by molar-refractivity contribution is -0.138. The van der Waals surface area contributed by atoms with Crippen LogP contribution in [0, 0.1) is 6.92 Å². The average Bonchev–Trinajstić information content (AvgIpc) is 2.97. The Kier molecular flexibility index (Phi) is 6.00. The SMILES string of the molecule is Cc1nc(C(C)(C)C)sc1C(=O)Nc1ccc(C(=O)NC(C)C(=O)O)cc1. The van der Waals surface area contributed by atoms with E-state index in [9.17, 15) is 14.4 Å². The molecule has 3 N–H and O–H groups in total. The van der Waals surface area contributed by atoms with E-state index in [-0.39, 0.29) is 11.3 Å². The van der Waals surface area contributed by atoms with Gasteiger partial charge < -0.3 is 15.7 Å². The molecule has 0 saturated heterocycles. The smallest absolute Gasteiger partial charge is 0.325 e. The molecule has 2 aromatic rings. The van der Waals surface area contributed by atoms with Crippen molar-refractivity contribution in [3.63, 3.8) is 0 Å². The summed E-state index contributed by atoms with van der Waals surface area (Å²) in [4.78, 5) is 40.4. The van der Waals surface area contributed by atoms with Crippen LogP contribution in [-0.4, -0.2) is 33.9 Å². The van der Waals surface area contributed by atoms with Crippen LogP contribution in [0.5, 0.6) is 0 Å². The summed E-state index contributed by atoms with van der Waals surface area (Å²) in [5, 5.41) is 14.9. The number of carbonyl (C=O) groups excluding carboxylic acids is 2. The first-order chi connectivity index (χ1) is 12.5. The Hall–Kier alpha value is -2.74. The van der Waals surface area contributed by atoms with Crippen LogP contribution in [-0.2, 0) is 10.2 Å². The number of rotatable bonds is 5. The van der Waals surface area contributed by atoms with Crippen molar-refractivity contribution < 1.29 is 19.5 Å². The maximum atomic E-state index is 12.5. The predicted octanol–water partition coefficient (Wildman–Crippen LogP) is 3.20. The highest BCUT2D eigenvalue weighted by atomic mass is 32.1. The van der Waals surface area contributed by atoms with Gasteiger partial charge in [-0.1, -0.05) is 20.8 Å². The predicted molar refractivity (Wildman–Crippen MR) is 105 cm³/mol. The number of carboxylic acid groups (broad SMARTS) is 1. The number of nitrogens with zero attached hydrogens (tertiary/aromatic N) is 1. The lowest BCUT2D eigenvalue weighted by Crippen LogP contribution is -2.38. The van der Waals surface area contributed by atoms with E-state index in [0.717, 1.165) is 5.01 Å². The second kappa shape index (κ2) is 7.87. The van der Waals surface area contributed by atoms with E-state index in [1.807, 2.05) is 20.8 Å². The Balaban J connectivity index is 2.08. The van der Waals surface area contributed by atoms with E-state index in [1.54, 1.807) is 19.1 Å². The summed E-state index contributed by atoms with van der Waals surface area (Å²) < 4.78 is 0. The van der Waals surface area contributed by atoms with Gasteiger partial charge in [-0.3, -0.25) is 14.4 Å². The van der Waals surface area contributed by atoms with Crippen molar-refractivity contribution in [1.29, 1.82) is 0 Å². The first-order valence-electron chi connectivity index (χ1n) is 8.42. The Morgan fingerprint density at radius 3 is 2.19 bits per heavy atom. The molecule has 0 aliphatic rings. The number of nitrogens with one attached hydrogen (secondary N) is 2. The Bertz CT molecular complexity index is 866. The van der Waals surface area contributed by atoms with Gasteiger partial charge >= 0.3 is 5.97 Å². The molecule has 1 aromatic carbocycles. The maximum absolute atomic E-state index is 12.5. The molecule has 0 saturated carbocycles. The quantitative estimate of drug-likeness (QED) is 0.728. The number of aliphatic carboxylic acids is 1. The van der Waals surface area contributed by atoms with Crippen molar-refractivity contribution in [2.75, 3.05) is 5.32 Å². The van der Waals surface area contributed by atoms with Crippen LogP contribution < -0.4 is 10.6 Å². The average molecular weight is 389 g/mol. The third kappa shape index (κ3) is 5.13. The zero-order valence-electron chi connectivity index (χ0n) is 15.9. The van der Waals surface area contributed by atoms with Crippen molar-refractivity contribution in [2.24, 2.45) is 0 Å². The van der Waals surface area contributed by atoms with Gasteiger partial charge in [0.05, 0.1) is 10.7 Å². The fourth-order valence-electron chi connectivity index (χ4n) is 2.16. The van der Waals surface area contributed by atoms with Gasteiger partial charge in [0.1, 0.15) is 10.9 Å². The topological polar surface area (TPSA) is 108 Å². The molecule has 8 heteroatoms. The van der Waals surface area contributed by atoms with E-state index in [1.165, 1.54) is 30.4 Å². The summed E-state index contributed by atoms with van der Waals surface area (Å²) >= 11 is 1.37. The Morgan fingerprint density at radius 2 is 1.70 bits per heavy atom. The molecule has 27 heavy (non-hydrogen) atoms. The molecule has 1 aromatic heterocycles. The minimum atomic E-state index is -1.11. The molecule has 1 unspecified atom stereocenters. The molecule has 2 amide bonds. The van der Waals surface area contributed by atoms with E-state index >= 15 is 0 Å². The van der Waals surface area contributed by atoms with Crippen LogP contribution in [0.25, 0.3) is 0 Å². The first-order valence-corrected chi connectivity index (χ1v) is 9.23. The number of anilines is 1. The highest BCUT2D eigenvalue weighted by Crippen LogP contribution is 2.29. The van der Waals surface area contributed by atoms with E-state index in [2.05, 4.69) is 15.6 Å². The number of hydrogen-bond acceptors (Lipinski definition) is 5. The van der Waals surface area contributed by atoms with Gasteiger partial charge in [0.2, 0.25) is 0 Å². The van der Waals surface area contributed by atoms with Gasteiger partial charge in [0, 0.05) is 16.7 Å².